The Kier molecular flexibility index (Phi) is 3.70. The molecule has 3 aromatic carbocycles. The average molecular weight is 347 g/mol. The van der Waals surface area contributed by atoms with Crippen molar-refractivity contribution in [3.8, 4) is 5.75 Å². The molecule has 134 valence electrons. The van der Waals surface area contributed by atoms with Crippen LogP contribution in [0.15, 0.2) is 30.3 Å². The molecule has 2 aliphatic heterocycles. The number of rotatable bonds is 1. The van der Waals surface area contributed by atoms with E-state index in [0.29, 0.717) is 6.04 Å². The minimum atomic E-state index is 0.495. The molecular formula is C23H25NO2. The molecule has 2 aliphatic rings. The highest BCUT2D eigenvalue weighted by molar-refractivity contribution is 6.11. The minimum absolute atomic E-state index is 0.495. The second-order valence-corrected chi connectivity index (χ2v) is 7.78. The molecule has 1 atom stereocenters. The Morgan fingerprint density at radius 1 is 1.00 bits per heavy atom. The average Bonchev–Trinajstić information content (AvgIpc) is 2.66. The van der Waals surface area contributed by atoms with E-state index in [1.54, 1.807) is 7.11 Å². The molecule has 3 heteroatoms. The molecule has 26 heavy (non-hydrogen) atoms. The van der Waals surface area contributed by atoms with Gasteiger partial charge in [-0.25, -0.2) is 0 Å². The standard InChI is InChI=1S/C23H25NO2/c1-14-4-5-17-18(8-14)19-9-15(2)23(25-3)11-21(19)20-10-16-13-26-7-6-24(16)12-22(17)20/h4-5,8-9,11,16H,6-7,10,12-13H2,1-3H3/t16-/m0/s1. The summed E-state index contributed by atoms with van der Waals surface area (Å²) >= 11 is 0. The number of morpholine rings is 1. The number of ether oxygens (including phenoxy) is 2. The molecule has 0 saturated carbocycles. The lowest BCUT2D eigenvalue weighted by molar-refractivity contribution is -0.0158. The summed E-state index contributed by atoms with van der Waals surface area (Å²) in [5, 5.41) is 5.49. The van der Waals surface area contributed by atoms with Gasteiger partial charge >= 0.3 is 0 Å². The van der Waals surface area contributed by atoms with E-state index in [9.17, 15) is 0 Å². The van der Waals surface area contributed by atoms with Gasteiger partial charge in [-0.1, -0.05) is 23.8 Å². The summed E-state index contributed by atoms with van der Waals surface area (Å²) in [5.74, 6) is 0.981. The zero-order valence-electron chi connectivity index (χ0n) is 15.8. The summed E-state index contributed by atoms with van der Waals surface area (Å²) in [6, 6.07) is 12.0. The van der Waals surface area contributed by atoms with Crippen LogP contribution in [0.4, 0.5) is 0 Å². The molecule has 0 amide bonds. The predicted molar refractivity (Wildman–Crippen MR) is 106 cm³/mol. The fourth-order valence-electron chi connectivity index (χ4n) is 4.79. The van der Waals surface area contributed by atoms with Crippen LogP contribution < -0.4 is 4.74 Å². The van der Waals surface area contributed by atoms with Crippen molar-refractivity contribution in [3.63, 3.8) is 0 Å². The lowest BCUT2D eigenvalue weighted by Gasteiger charge is -2.41. The van der Waals surface area contributed by atoms with Gasteiger partial charge in [-0.05, 0) is 70.6 Å². The van der Waals surface area contributed by atoms with E-state index in [1.807, 2.05) is 0 Å². The number of hydrogen-bond donors (Lipinski definition) is 0. The molecule has 0 bridgehead atoms. The largest absolute Gasteiger partial charge is 0.496 e. The highest BCUT2D eigenvalue weighted by Gasteiger charge is 2.31. The predicted octanol–water partition coefficient (Wildman–Crippen LogP) is 4.38. The van der Waals surface area contributed by atoms with Crippen LogP contribution >= 0.6 is 0 Å². The molecule has 0 N–H and O–H groups in total. The van der Waals surface area contributed by atoms with Crippen LogP contribution in [-0.2, 0) is 17.7 Å². The molecule has 0 unspecified atom stereocenters. The molecular weight excluding hydrogens is 322 g/mol. The Hall–Kier alpha value is -2.10. The molecule has 1 saturated heterocycles. The zero-order valence-corrected chi connectivity index (χ0v) is 15.8. The van der Waals surface area contributed by atoms with Gasteiger partial charge in [0.15, 0.2) is 0 Å². The van der Waals surface area contributed by atoms with E-state index in [0.717, 1.165) is 38.5 Å². The molecule has 3 aromatic rings. The lowest BCUT2D eigenvalue weighted by Crippen LogP contribution is -2.48. The fourth-order valence-corrected chi connectivity index (χ4v) is 4.79. The topological polar surface area (TPSA) is 21.7 Å². The van der Waals surface area contributed by atoms with E-state index in [1.165, 1.54) is 43.8 Å². The first-order chi connectivity index (χ1) is 12.7. The first kappa shape index (κ1) is 16.1. The van der Waals surface area contributed by atoms with Crippen molar-refractivity contribution in [2.45, 2.75) is 32.9 Å². The van der Waals surface area contributed by atoms with Crippen molar-refractivity contribution in [2.24, 2.45) is 0 Å². The number of hydrogen-bond acceptors (Lipinski definition) is 3. The first-order valence-corrected chi connectivity index (χ1v) is 9.50. The van der Waals surface area contributed by atoms with Crippen LogP contribution in [0.3, 0.4) is 0 Å². The van der Waals surface area contributed by atoms with Crippen molar-refractivity contribution >= 4 is 21.5 Å². The molecule has 0 radical (unpaired) electrons. The van der Waals surface area contributed by atoms with Crippen LogP contribution in [0.25, 0.3) is 21.5 Å². The normalized spacial score (nSPS) is 20.2. The number of fused-ring (bicyclic) bond motifs is 7. The van der Waals surface area contributed by atoms with E-state index >= 15 is 0 Å². The summed E-state index contributed by atoms with van der Waals surface area (Å²) in [7, 11) is 1.77. The van der Waals surface area contributed by atoms with Gasteiger partial charge in [0.25, 0.3) is 0 Å². The van der Waals surface area contributed by atoms with Crippen LogP contribution in [0.2, 0.25) is 0 Å². The van der Waals surface area contributed by atoms with Gasteiger partial charge in [0.2, 0.25) is 0 Å². The molecule has 3 nitrogen and oxygen atoms in total. The van der Waals surface area contributed by atoms with Gasteiger partial charge in [0, 0.05) is 19.1 Å². The summed E-state index contributed by atoms with van der Waals surface area (Å²) in [6.07, 6.45) is 1.06. The number of aryl methyl sites for hydroxylation is 2. The van der Waals surface area contributed by atoms with Gasteiger partial charge in [0.05, 0.1) is 20.3 Å². The van der Waals surface area contributed by atoms with Crippen molar-refractivity contribution < 1.29 is 9.47 Å². The third-order valence-corrected chi connectivity index (χ3v) is 6.17. The van der Waals surface area contributed by atoms with Crippen molar-refractivity contribution in [2.75, 3.05) is 26.9 Å². The highest BCUT2D eigenvalue weighted by Crippen LogP contribution is 2.40. The third-order valence-electron chi connectivity index (χ3n) is 6.17. The van der Waals surface area contributed by atoms with Crippen LogP contribution in [0, 0.1) is 13.8 Å². The molecule has 1 fully saturated rings. The quantitative estimate of drug-likeness (QED) is 0.610. The van der Waals surface area contributed by atoms with Gasteiger partial charge < -0.3 is 9.47 Å². The van der Waals surface area contributed by atoms with E-state index in [2.05, 4.69) is 49.1 Å². The van der Waals surface area contributed by atoms with E-state index in [4.69, 9.17) is 9.47 Å². The molecule has 5 rings (SSSR count). The SMILES string of the molecule is COc1cc2c3c(c4ccc(C)cc4c2cc1C)CN1CCOC[C@@H]1C3. The summed E-state index contributed by atoms with van der Waals surface area (Å²) < 4.78 is 11.4. The number of nitrogens with zero attached hydrogens (tertiary/aromatic N) is 1. The Morgan fingerprint density at radius 3 is 2.69 bits per heavy atom. The Morgan fingerprint density at radius 2 is 1.85 bits per heavy atom. The Bertz CT molecular complexity index is 1020. The lowest BCUT2D eigenvalue weighted by atomic mass is 9.84. The van der Waals surface area contributed by atoms with E-state index in [-0.39, 0.29) is 0 Å². The van der Waals surface area contributed by atoms with Crippen molar-refractivity contribution in [3.05, 3.63) is 52.6 Å². The maximum atomic E-state index is 5.77. The molecule has 2 heterocycles. The second-order valence-electron chi connectivity index (χ2n) is 7.78. The highest BCUT2D eigenvalue weighted by atomic mass is 16.5. The maximum absolute atomic E-state index is 5.77. The number of methoxy groups -OCH3 is 1. The van der Waals surface area contributed by atoms with Crippen LogP contribution in [0.1, 0.15) is 22.3 Å². The van der Waals surface area contributed by atoms with Gasteiger partial charge in [0.1, 0.15) is 5.75 Å². The Labute approximate surface area is 154 Å². The first-order valence-electron chi connectivity index (χ1n) is 9.50. The van der Waals surface area contributed by atoms with Gasteiger partial charge in [-0.15, -0.1) is 0 Å². The zero-order chi connectivity index (χ0) is 17.8. The smallest absolute Gasteiger partial charge is 0.122 e. The minimum Gasteiger partial charge on any atom is -0.496 e. The maximum Gasteiger partial charge on any atom is 0.122 e. The number of benzene rings is 3. The van der Waals surface area contributed by atoms with Crippen molar-refractivity contribution in [1.29, 1.82) is 0 Å². The summed E-state index contributed by atoms with van der Waals surface area (Å²) in [5.41, 5.74) is 5.49. The van der Waals surface area contributed by atoms with Crippen LogP contribution in [0.5, 0.6) is 5.75 Å². The van der Waals surface area contributed by atoms with E-state index < -0.39 is 0 Å². The second kappa shape index (κ2) is 5.97. The van der Waals surface area contributed by atoms with Gasteiger partial charge in [-0.2, -0.15) is 0 Å². The Balaban J connectivity index is 1.87. The summed E-state index contributed by atoms with van der Waals surface area (Å²) in [6.45, 7) is 8.07. The fraction of sp³-hybridized carbons (Fsp3) is 0.391. The van der Waals surface area contributed by atoms with Gasteiger partial charge in [-0.3, -0.25) is 4.90 Å². The summed E-state index contributed by atoms with van der Waals surface area (Å²) in [4.78, 5) is 2.60. The third kappa shape index (κ3) is 2.34. The monoisotopic (exact) mass is 347 g/mol. The molecule has 0 aliphatic carbocycles. The molecule has 0 spiro atoms. The molecule has 0 aromatic heterocycles. The van der Waals surface area contributed by atoms with Crippen LogP contribution in [-0.4, -0.2) is 37.8 Å². The van der Waals surface area contributed by atoms with Crippen molar-refractivity contribution in [1.82, 2.24) is 4.90 Å².